The van der Waals surface area contributed by atoms with Crippen molar-refractivity contribution in [2.75, 3.05) is 0 Å². The Labute approximate surface area is 44.7 Å². The summed E-state index contributed by atoms with van der Waals surface area (Å²) in [6.45, 7) is 0. The normalized spacial score (nSPS) is 9.67. The molecule has 37 valence electrons. The van der Waals surface area contributed by atoms with E-state index in [9.17, 15) is 0 Å². The van der Waals surface area contributed by atoms with E-state index in [1.54, 1.807) is 0 Å². The topological polar surface area (TPSA) is 64.6 Å². The fourth-order valence-electron chi connectivity index (χ4n) is 0. The van der Waals surface area contributed by atoms with E-state index in [-0.39, 0.29) is 6.15 Å². The molecule has 3 radical (unpaired) electrons. The van der Waals surface area contributed by atoms with Gasteiger partial charge in [-0.1, -0.05) is 0 Å². The number of halogens is 2. The molecule has 0 aliphatic carbocycles. The van der Waals surface area contributed by atoms with Crippen molar-refractivity contribution in [3.63, 3.8) is 0 Å². The van der Waals surface area contributed by atoms with Gasteiger partial charge in [-0.25, -0.2) is 0 Å². The molecule has 0 saturated heterocycles. The second kappa shape index (κ2) is 2.63. The largest absolute Gasteiger partial charge is 0.317 e. The van der Waals surface area contributed by atoms with E-state index < -0.39 is 8.26 Å². The lowest BCUT2D eigenvalue weighted by atomic mass is 14.0. The molecule has 0 aromatic carbocycles. The predicted molar refractivity (Wildman–Crippen MR) is 22.8 cm³/mol. The van der Waals surface area contributed by atoms with Crippen molar-refractivity contribution in [2.45, 2.75) is 0 Å². The van der Waals surface area contributed by atoms with E-state index in [0.29, 0.717) is 0 Å². The second-order valence-corrected chi connectivity index (χ2v) is 4.05. The van der Waals surface area contributed by atoms with Crippen molar-refractivity contribution in [3.05, 3.63) is 0 Å². The highest BCUT2D eigenvalue weighted by atomic mass is 36.0. The highest BCUT2D eigenvalue weighted by Crippen LogP contribution is 1.98. The van der Waals surface area contributed by atoms with Gasteiger partial charge in [-0.2, -0.15) is 8.42 Å². The van der Waals surface area contributed by atoms with Gasteiger partial charge in [0, 0.05) is 27.5 Å². The summed E-state index contributed by atoms with van der Waals surface area (Å²) in [7, 11) is 4.81. The smallest absolute Gasteiger partial charge is 0.195 e. The van der Waals surface area contributed by atoms with E-state index >= 15 is 0 Å². The minimum atomic E-state index is -3.72. The van der Waals surface area contributed by atoms with E-state index in [1.165, 1.54) is 0 Å². The molecule has 0 unspecified atom stereocenters. The molecule has 0 amide bonds. The second-order valence-electron chi connectivity index (χ2n) is 0.378. The predicted octanol–water partition coefficient (Wildman–Crippen LogP) is 0.228. The highest BCUT2D eigenvalue weighted by Gasteiger charge is 1.88. The van der Waals surface area contributed by atoms with Crippen molar-refractivity contribution in [1.29, 1.82) is 0 Å². The molecule has 6 heteroatoms. The van der Waals surface area contributed by atoms with Gasteiger partial charge in [0.2, 0.25) is 0 Å². The van der Waals surface area contributed by atoms with Crippen molar-refractivity contribution >= 4 is 29.6 Å². The van der Waals surface area contributed by atoms with Gasteiger partial charge in [0.05, 0.1) is 0 Å². The first-order chi connectivity index (χ1) is 2.00. The molecular formula is Cl2NO2S. The first-order valence-corrected chi connectivity index (χ1v) is 3.78. The molecule has 6 heavy (non-hydrogen) atoms. The molecule has 0 aliphatic heterocycles. The van der Waals surface area contributed by atoms with E-state index in [4.69, 9.17) is 8.42 Å². The van der Waals surface area contributed by atoms with Gasteiger partial charge in [0.25, 0.3) is 0 Å². The van der Waals surface area contributed by atoms with Crippen LogP contribution in [0.4, 0.5) is 0 Å². The summed E-state index contributed by atoms with van der Waals surface area (Å²) in [5, 5.41) is 0. The summed E-state index contributed by atoms with van der Waals surface area (Å²) in [5.74, 6) is 0. The Morgan fingerprint density at radius 3 is 1.17 bits per heavy atom. The van der Waals surface area contributed by atoms with Crippen molar-refractivity contribution in [2.24, 2.45) is 0 Å². The molecule has 0 spiro atoms. The Bertz CT molecular complexity index is 94.7. The number of rotatable bonds is 0. The van der Waals surface area contributed by atoms with Crippen molar-refractivity contribution in [3.8, 4) is 0 Å². The molecule has 0 aliphatic rings. The third-order valence-electron chi connectivity index (χ3n) is 0. The van der Waals surface area contributed by atoms with Crippen LogP contribution in [0.5, 0.6) is 0 Å². The number of hydrogen-bond donors (Lipinski definition) is 0. The summed E-state index contributed by atoms with van der Waals surface area (Å²) in [5.41, 5.74) is 0. The Morgan fingerprint density at radius 2 is 1.17 bits per heavy atom. The minimum Gasteiger partial charge on any atom is -0.195 e. The standard InChI is InChI=1S/Cl2O2S.N/c1-5(2,3)4;. The van der Waals surface area contributed by atoms with Crippen LogP contribution in [-0.4, -0.2) is 8.42 Å². The molecule has 3 nitrogen and oxygen atoms in total. The van der Waals surface area contributed by atoms with Gasteiger partial charge in [0.15, 0.2) is 0 Å². The zero-order valence-electron chi connectivity index (χ0n) is 2.43. The molecule has 0 heterocycles. The van der Waals surface area contributed by atoms with Crippen LogP contribution in [0.25, 0.3) is 0 Å². The van der Waals surface area contributed by atoms with Crippen LogP contribution in [0.2, 0.25) is 0 Å². The van der Waals surface area contributed by atoms with Gasteiger partial charge in [-0.15, -0.1) is 0 Å². The maximum atomic E-state index is 9.16. The van der Waals surface area contributed by atoms with Crippen LogP contribution in [0.3, 0.4) is 0 Å². The van der Waals surface area contributed by atoms with Crippen LogP contribution >= 0.6 is 21.4 Å². The van der Waals surface area contributed by atoms with Crippen LogP contribution in [0.15, 0.2) is 0 Å². The number of nitrogens with zero attached hydrogens (tertiary/aromatic N) is 1. The van der Waals surface area contributed by atoms with Crippen LogP contribution in [-0.2, 0) is 8.26 Å². The Kier molecular flexibility index (Phi) is 4.25. The van der Waals surface area contributed by atoms with Gasteiger partial charge in [0.1, 0.15) is 0 Å². The lowest BCUT2D eigenvalue weighted by Crippen LogP contribution is -1.63. The van der Waals surface area contributed by atoms with Crippen LogP contribution in [0.1, 0.15) is 0 Å². The average Bonchev–Trinajstić information content (AvgIpc) is 0.722. The average molecular weight is 149 g/mol. The minimum absolute atomic E-state index is 0. The maximum Gasteiger partial charge on any atom is 0.317 e. The lowest BCUT2D eigenvalue weighted by Gasteiger charge is -1.61. The Morgan fingerprint density at radius 1 is 1.17 bits per heavy atom. The fraction of sp³-hybridized carbons (Fsp3) is 0. The Hall–Kier alpha value is 0.490. The summed E-state index contributed by atoms with van der Waals surface area (Å²) < 4.78 is 18.3. The van der Waals surface area contributed by atoms with Crippen molar-refractivity contribution in [1.82, 2.24) is 6.15 Å². The van der Waals surface area contributed by atoms with E-state index in [0.717, 1.165) is 0 Å². The quantitative estimate of drug-likeness (QED) is 0.462. The molecule has 0 rings (SSSR count). The lowest BCUT2D eigenvalue weighted by molar-refractivity contribution is 0.621. The van der Waals surface area contributed by atoms with Crippen LogP contribution < -0.4 is 6.15 Å². The highest BCUT2D eigenvalue weighted by molar-refractivity contribution is 8.31. The van der Waals surface area contributed by atoms with Crippen LogP contribution in [0, 0.1) is 0 Å². The summed E-state index contributed by atoms with van der Waals surface area (Å²) in [6.07, 6.45) is 0. The number of hydrogen-bond acceptors (Lipinski definition) is 2. The zero-order chi connectivity index (χ0) is 4.50. The molecule has 0 aromatic heterocycles. The van der Waals surface area contributed by atoms with E-state index in [1.807, 2.05) is 0 Å². The molecule has 0 bridgehead atoms. The first-order valence-electron chi connectivity index (χ1n) is 0.642. The molecule has 0 atom stereocenters. The van der Waals surface area contributed by atoms with E-state index in [2.05, 4.69) is 21.4 Å². The third kappa shape index (κ3) is 228. The maximum absolute atomic E-state index is 9.16. The third-order valence-corrected chi connectivity index (χ3v) is 0. The first kappa shape index (κ1) is 9.70. The summed E-state index contributed by atoms with van der Waals surface area (Å²) in [4.78, 5) is 0. The zero-order valence-corrected chi connectivity index (χ0v) is 4.76. The molecule has 0 saturated carbocycles. The monoisotopic (exact) mass is 148 g/mol. The van der Waals surface area contributed by atoms with Gasteiger partial charge in [-0.05, 0) is 0 Å². The molecule has 0 fully saturated rings. The molecular weight excluding hydrogens is 149 g/mol. The molecule has 0 N–H and O–H groups in total. The van der Waals surface area contributed by atoms with Gasteiger partial charge < -0.3 is 0 Å². The summed E-state index contributed by atoms with van der Waals surface area (Å²) >= 11 is 0. The SMILES string of the molecule is O=S(=O)(Cl)Cl.[N]. The molecule has 0 aromatic rings. The summed E-state index contributed by atoms with van der Waals surface area (Å²) in [6, 6.07) is 0. The fourth-order valence-corrected chi connectivity index (χ4v) is 0. The van der Waals surface area contributed by atoms with Gasteiger partial charge >= 0.3 is 8.26 Å². The Balaban J connectivity index is 0. The van der Waals surface area contributed by atoms with Crippen molar-refractivity contribution < 1.29 is 8.42 Å². The van der Waals surface area contributed by atoms with Gasteiger partial charge in [-0.3, -0.25) is 0 Å².